The van der Waals surface area contributed by atoms with Gasteiger partial charge in [0.15, 0.2) is 5.78 Å². The van der Waals surface area contributed by atoms with Crippen LogP contribution in [0.4, 0.5) is 10.1 Å². The van der Waals surface area contributed by atoms with Crippen LogP contribution in [0.1, 0.15) is 29.3 Å². The molecule has 14 heavy (non-hydrogen) atoms. The number of benzene rings is 1. The molecule has 0 fully saturated rings. The first-order chi connectivity index (χ1) is 6.68. The number of nitrogens with one attached hydrogen (secondary N) is 1. The van der Waals surface area contributed by atoms with Crippen molar-refractivity contribution in [3.63, 3.8) is 0 Å². The van der Waals surface area contributed by atoms with E-state index in [1.165, 1.54) is 13.0 Å². The van der Waals surface area contributed by atoms with Crippen LogP contribution < -0.4 is 5.32 Å². The normalized spacial score (nSPS) is 14.4. The molecular weight excluding hydrogens is 181 g/mol. The molecule has 3 heteroatoms. The molecule has 1 aromatic rings. The van der Waals surface area contributed by atoms with Crippen molar-refractivity contribution >= 4 is 11.5 Å². The molecular formula is C11H12FNO. The Balaban J connectivity index is 2.50. The zero-order valence-corrected chi connectivity index (χ0v) is 8.06. The van der Waals surface area contributed by atoms with Crippen LogP contribution in [0.15, 0.2) is 12.1 Å². The minimum absolute atomic E-state index is 0.179. The lowest BCUT2D eigenvalue weighted by molar-refractivity contribution is 0.101. The van der Waals surface area contributed by atoms with Gasteiger partial charge in [-0.15, -0.1) is 0 Å². The van der Waals surface area contributed by atoms with Gasteiger partial charge in [-0.25, -0.2) is 4.39 Å². The number of anilines is 1. The van der Waals surface area contributed by atoms with Crippen LogP contribution in [0.5, 0.6) is 0 Å². The number of rotatable bonds is 1. The van der Waals surface area contributed by atoms with Crippen LogP contribution >= 0.6 is 0 Å². The summed E-state index contributed by atoms with van der Waals surface area (Å²) in [6.07, 6.45) is 1.91. The highest BCUT2D eigenvalue weighted by molar-refractivity contribution is 5.95. The van der Waals surface area contributed by atoms with E-state index in [9.17, 15) is 9.18 Å². The van der Waals surface area contributed by atoms with Gasteiger partial charge < -0.3 is 5.32 Å². The third-order valence-corrected chi connectivity index (χ3v) is 2.51. The van der Waals surface area contributed by atoms with Gasteiger partial charge in [0.2, 0.25) is 0 Å². The zero-order valence-electron chi connectivity index (χ0n) is 8.06. The molecule has 1 aliphatic heterocycles. The second-order valence-electron chi connectivity index (χ2n) is 3.58. The van der Waals surface area contributed by atoms with Crippen LogP contribution in [0.3, 0.4) is 0 Å². The molecule has 1 N–H and O–H groups in total. The average Bonchev–Trinajstić information content (AvgIpc) is 2.16. The van der Waals surface area contributed by atoms with Crippen molar-refractivity contribution in [2.45, 2.75) is 19.8 Å². The molecule has 2 nitrogen and oxygen atoms in total. The average molecular weight is 193 g/mol. The van der Waals surface area contributed by atoms with Gasteiger partial charge in [-0.3, -0.25) is 4.79 Å². The highest BCUT2D eigenvalue weighted by atomic mass is 19.1. The van der Waals surface area contributed by atoms with E-state index in [1.54, 1.807) is 6.07 Å². The third-order valence-electron chi connectivity index (χ3n) is 2.51. The van der Waals surface area contributed by atoms with E-state index >= 15 is 0 Å². The molecule has 0 spiro atoms. The van der Waals surface area contributed by atoms with Gasteiger partial charge in [-0.2, -0.15) is 0 Å². The molecule has 0 saturated carbocycles. The van der Waals surface area contributed by atoms with E-state index in [1.807, 2.05) is 0 Å². The molecule has 0 amide bonds. The summed E-state index contributed by atoms with van der Waals surface area (Å²) in [5, 5.41) is 3.17. The first-order valence-corrected chi connectivity index (χ1v) is 4.75. The molecule has 2 rings (SSSR count). The van der Waals surface area contributed by atoms with E-state index in [0.717, 1.165) is 30.6 Å². The summed E-state index contributed by atoms with van der Waals surface area (Å²) in [6.45, 7) is 2.28. The Morgan fingerprint density at radius 1 is 1.50 bits per heavy atom. The Kier molecular flexibility index (Phi) is 2.23. The summed E-state index contributed by atoms with van der Waals surface area (Å²) < 4.78 is 13.4. The van der Waals surface area contributed by atoms with Crippen molar-refractivity contribution in [3.8, 4) is 0 Å². The predicted molar refractivity (Wildman–Crippen MR) is 53.2 cm³/mol. The lowest BCUT2D eigenvalue weighted by Crippen LogP contribution is -2.13. The van der Waals surface area contributed by atoms with Crippen LogP contribution in [-0.4, -0.2) is 12.3 Å². The number of fused-ring (bicyclic) bond motifs is 1. The lowest BCUT2D eigenvalue weighted by Gasteiger charge is -2.18. The first kappa shape index (κ1) is 9.19. The monoisotopic (exact) mass is 193 g/mol. The fourth-order valence-electron chi connectivity index (χ4n) is 1.76. The Hall–Kier alpha value is -1.38. The van der Waals surface area contributed by atoms with Gasteiger partial charge in [-0.1, -0.05) is 0 Å². The summed E-state index contributed by atoms with van der Waals surface area (Å²) in [6, 6.07) is 3.09. The molecule has 0 bridgehead atoms. The standard InChI is InChI=1S/C11H12FNO/c1-7(14)9-6-11-8(5-10(9)12)3-2-4-13-11/h5-6,13H,2-4H2,1H3. The van der Waals surface area contributed by atoms with E-state index in [0.29, 0.717) is 0 Å². The third kappa shape index (κ3) is 1.50. The fraction of sp³-hybridized carbons (Fsp3) is 0.364. The number of hydrogen-bond donors (Lipinski definition) is 1. The van der Waals surface area contributed by atoms with Crippen LogP contribution in [0.2, 0.25) is 0 Å². The quantitative estimate of drug-likeness (QED) is 0.694. The molecule has 0 atom stereocenters. The number of aryl methyl sites for hydroxylation is 1. The van der Waals surface area contributed by atoms with Gasteiger partial charge in [0.05, 0.1) is 5.56 Å². The van der Waals surface area contributed by atoms with Gasteiger partial charge >= 0.3 is 0 Å². The Labute approximate surface area is 82.1 Å². The summed E-state index contributed by atoms with van der Waals surface area (Å²) in [7, 11) is 0. The second kappa shape index (κ2) is 3.40. The Morgan fingerprint density at radius 3 is 3.00 bits per heavy atom. The molecule has 0 aromatic heterocycles. The summed E-state index contributed by atoms with van der Waals surface area (Å²) >= 11 is 0. The number of ketones is 1. The number of halogens is 1. The van der Waals surface area contributed by atoms with Gasteiger partial charge in [0.1, 0.15) is 5.82 Å². The number of hydrogen-bond acceptors (Lipinski definition) is 2. The molecule has 1 aliphatic rings. The van der Waals surface area contributed by atoms with Gasteiger partial charge in [0, 0.05) is 12.2 Å². The number of carbonyl (C=O) groups is 1. The lowest BCUT2D eigenvalue weighted by atomic mass is 9.99. The SMILES string of the molecule is CC(=O)c1cc2c(cc1F)CCCN2. The van der Waals surface area contributed by atoms with Gasteiger partial charge in [0.25, 0.3) is 0 Å². The topological polar surface area (TPSA) is 29.1 Å². The van der Waals surface area contributed by atoms with Crippen molar-refractivity contribution in [3.05, 3.63) is 29.1 Å². The second-order valence-corrected chi connectivity index (χ2v) is 3.58. The Bertz CT molecular complexity index is 387. The number of Topliss-reactive ketones (excluding diaryl/α,β-unsaturated/α-hetero) is 1. The molecule has 0 unspecified atom stereocenters. The van der Waals surface area contributed by atoms with Crippen molar-refractivity contribution in [1.29, 1.82) is 0 Å². The minimum Gasteiger partial charge on any atom is -0.385 e. The number of carbonyl (C=O) groups excluding carboxylic acids is 1. The maximum atomic E-state index is 13.4. The summed E-state index contributed by atoms with van der Waals surface area (Å²) in [5.41, 5.74) is 2.06. The molecule has 1 heterocycles. The largest absolute Gasteiger partial charge is 0.385 e. The van der Waals surface area contributed by atoms with Crippen molar-refractivity contribution < 1.29 is 9.18 Å². The summed E-state index contributed by atoms with van der Waals surface area (Å²) in [5.74, 6) is -0.627. The fourth-order valence-corrected chi connectivity index (χ4v) is 1.76. The van der Waals surface area contributed by atoms with Crippen molar-refractivity contribution in [1.82, 2.24) is 0 Å². The van der Waals surface area contributed by atoms with E-state index in [2.05, 4.69) is 5.32 Å². The molecule has 0 aliphatic carbocycles. The highest BCUT2D eigenvalue weighted by Crippen LogP contribution is 2.25. The van der Waals surface area contributed by atoms with Gasteiger partial charge in [-0.05, 0) is 37.5 Å². The zero-order chi connectivity index (χ0) is 10.1. The highest BCUT2D eigenvalue weighted by Gasteiger charge is 2.14. The maximum absolute atomic E-state index is 13.4. The van der Waals surface area contributed by atoms with Crippen LogP contribution in [0.25, 0.3) is 0 Å². The van der Waals surface area contributed by atoms with Crippen molar-refractivity contribution in [2.75, 3.05) is 11.9 Å². The molecule has 0 saturated heterocycles. The van der Waals surface area contributed by atoms with E-state index in [4.69, 9.17) is 0 Å². The Morgan fingerprint density at radius 2 is 2.29 bits per heavy atom. The van der Waals surface area contributed by atoms with Crippen LogP contribution in [0, 0.1) is 5.82 Å². The van der Waals surface area contributed by atoms with Crippen molar-refractivity contribution in [2.24, 2.45) is 0 Å². The molecule has 1 aromatic carbocycles. The van der Waals surface area contributed by atoms with E-state index < -0.39 is 5.82 Å². The molecule has 74 valence electrons. The first-order valence-electron chi connectivity index (χ1n) is 4.75. The maximum Gasteiger partial charge on any atom is 0.162 e. The smallest absolute Gasteiger partial charge is 0.162 e. The predicted octanol–water partition coefficient (Wildman–Crippen LogP) is 2.39. The van der Waals surface area contributed by atoms with E-state index in [-0.39, 0.29) is 11.3 Å². The van der Waals surface area contributed by atoms with Crippen LogP contribution in [-0.2, 0) is 6.42 Å². The molecule has 0 radical (unpaired) electrons. The minimum atomic E-state index is -0.403. The summed E-state index contributed by atoms with van der Waals surface area (Å²) in [4.78, 5) is 11.1.